The number of carbonyl (C=O) groups is 3. The van der Waals surface area contributed by atoms with E-state index in [0.29, 0.717) is 16.1 Å². The Morgan fingerprint density at radius 3 is 2.41 bits per heavy atom. The third kappa shape index (κ3) is 6.27. The summed E-state index contributed by atoms with van der Waals surface area (Å²) in [5.74, 6) is -2.56. The zero-order valence-corrected chi connectivity index (χ0v) is 15.0. The van der Waals surface area contributed by atoms with Crippen LogP contribution >= 0.6 is 11.6 Å². The number of esters is 1. The summed E-state index contributed by atoms with van der Waals surface area (Å²) >= 11 is 5.72. The summed E-state index contributed by atoms with van der Waals surface area (Å²) in [4.78, 5) is 35.1. The Labute approximate surface area is 159 Å². The first-order valence-electron chi connectivity index (χ1n) is 7.72. The maximum Gasteiger partial charge on any atom is 0.310 e. The van der Waals surface area contributed by atoms with Gasteiger partial charge in [0.2, 0.25) is 0 Å². The van der Waals surface area contributed by atoms with E-state index >= 15 is 0 Å². The lowest BCUT2D eigenvalue weighted by atomic mass is 10.1. The fraction of sp³-hybridized carbons (Fsp3) is 0.167. The van der Waals surface area contributed by atoms with Crippen LogP contribution in [0.3, 0.4) is 0 Å². The summed E-state index contributed by atoms with van der Waals surface area (Å²) in [5.41, 5.74) is 4.95. The second kappa shape index (κ2) is 9.54. The molecule has 0 aromatic heterocycles. The fourth-order valence-corrected chi connectivity index (χ4v) is 2.15. The van der Waals surface area contributed by atoms with Gasteiger partial charge in [0.05, 0.1) is 13.5 Å². The molecule has 2 aromatic rings. The largest absolute Gasteiger partial charge is 0.494 e. The maximum absolute atomic E-state index is 13.6. The first-order valence-corrected chi connectivity index (χ1v) is 8.09. The van der Waals surface area contributed by atoms with Crippen molar-refractivity contribution >= 4 is 29.4 Å². The topological polar surface area (TPSA) is 93.7 Å². The molecule has 2 amide bonds. The van der Waals surface area contributed by atoms with Gasteiger partial charge in [-0.1, -0.05) is 17.7 Å². The molecule has 7 nitrogen and oxygen atoms in total. The minimum absolute atomic E-state index is 0.0583. The van der Waals surface area contributed by atoms with E-state index < -0.39 is 30.2 Å². The van der Waals surface area contributed by atoms with Crippen LogP contribution in [0.4, 0.5) is 4.39 Å². The van der Waals surface area contributed by atoms with Gasteiger partial charge >= 0.3 is 5.97 Å². The van der Waals surface area contributed by atoms with Crippen LogP contribution in [0.5, 0.6) is 5.75 Å². The lowest BCUT2D eigenvalue weighted by molar-refractivity contribution is -0.148. The molecule has 9 heteroatoms. The van der Waals surface area contributed by atoms with E-state index in [9.17, 15) is 18.8 Å². The summed E-state index contributed by atoms with van der Waals surface area (Å²) in [6.45, 7) is -0.599. The summed E-state index contributed by atoms with van der Waals surface area (Å²) in [6.07, 6.45) is -0.217. The average molecular weight is 395 g/mol. The van der Waals surface area contributed by atoms with Gasteiger partial charge < -0.3 is 9.47 Å². The van der Waals surface area contributed by atoms with Crippen molar-refractivity contribution in [2.75, 3.05) is 13.7 Å². The Morgan fingerprint density at radius 1 is 1.07 bits per heavy atom. The van der Waals surface area contributed by atoms with Gasteiger partial charge in [-0.2, -0.15) is 0 Å². The summed E-state index contributed by atoms with van der Waals surface area (Å²) < 4.78 is 23.1. The standard InChI is InChI=1S/C18H16ClFN2O5/c1-26-15-7-2-11(8-14(15)20)9-17(24)27-10-16(23)21-22-18(25)12-3-5-13(19)6-4-12/h2-8H,9-10H2,1H3,(H,21,23)(H,22,25). The highest BCUT2D eigenvalue weighted by Gasteiger charge is 2.12. The molecule has 0 heterocycles. The van der Waals surface area contributed by atoms with Crippen LogP contribution in [0.15, 0.2) is 42.5 Å². The first-order chi connectivity index (χ1) is 12.9. The molecule has 0 radical (unpaired) electrons. The molecular formula is C18H16ClFN2O5. The second-order valence-corrected chi connectivity index (χ2v) is 5.75. The number of amides is 2. The molecule has 0 aliphatic rings. The SMILES string of the molecule is COc1ccc(CC(=O)OCC(=O)NNC(=O)c2ccc(Cl)cc2)cc1F. The highest BCUT2D eigenvalue weighted by molar-refractivity contribution is 6.30. The Balaban J connectivity index is 1.74. The molecule has 0 unspecified atom stereocenters. The lowest BCUT2D eigenvalue weighted by Crippen LogP contribution is -2.43. The van der Waals surface area contributed by atoms with Gasteiger partial charge in [0.15, 0.2) is 18.2 Å². The molecule has 0 saturated carbocycles. The van der Waals surface area contributed by atoms with E-state index in [1.54, 1.807) is 0 Å². The van der Waals surface area contributed by atoms with Crippen molar-refractivity contribution in [3.63, 3.8) is 0 Å². The maximum atomic E-state index is 13.6. The van der Waals surface area contributed by atoms with Crippen molar-refractivity contribution in [1.29, 1.82) is 0 Å². The van der Waals surface area contributed by atoms with Crippen LogP contribution in [-0.4, -0.2) is 31.5 Å². The highest BCUT2D eigenvalue weighted by atomic mass is 35.5. The fourth-order valence-electron chi connectivity index (χ4n) is 2.02. The number of nitrogens with one attached hydrogen (secondary N) is 2. The smallest absolute Gasteiger partial charge is 0.310 e. The van der Waals surface area contributed by atoms with Gasteiger partial charge in [-0.15, -0.1) is 0 Å². The summed E-state index contributed by atoms with van der Waals surface area (Å²) in [6, 6.07) is 10.1. The number of hydrazine groups is 1. The number of methoxy groups -OCH3 is 1. The average Bonchev–Trinajstić information content (AvgIpc) is 2.65. The molecule has 0 aliphatic carbocycles. The van der Waals surface area contributed by atoms with Crippen LogP contribution in [0, 0.1) is 5.82 Å². The Bertz CT molecular complexity index is 842. The van der Waals surface area contributed by atoms with Gasteiger partial charge in [-0.05, 0) is 42.0 Å². The van der Waals surface area contributed by atoms with Gasteiger partial charge in [-0.25, -0.2) is 4.39 Å². The van der Waals surface area contributed by atoms with E-state index in [1.165, 1.54) is 43.5 Å². The Kier molecular flexibility index (Phi) is 7.13. The van der Waals surface area contributed by atoms with E-state index in [4.69, 9.17) is 21.1 Å². The van der Waals surface area contributed by atoms with Gasteiger partial charge in [0, 0.05) is 10.6 Å². The van der Waals surface area contributed by atoms with Gasteiger partial charge in [0.25, 0.3) is 11.8 Å². The Morgan fingerprint density at radius 2 is 1.78 bits per heavy atom. The van der Waals surface area contributed by atoms with Crippen LogP contribution in [0.25, 0.3) is 0 Å². The van der Waals surface area contributed by atoms with Crippen molar-refractivity contribution < 1.29 is 28.2 Å². The van der Waals surface area contributed by atoms with Gasteiger partial charge in [0.1, 0.15) is 0 Å². The molecule has 2 N–H and O–H groups in total. The van der Waals surface area contributed by atoms with Crippen molar-refractivity contribution in [1.82, 2.24) is 10.9 Å². The molecule has 0 saturated heterocycles. The third-order valence-corrected chi connectivity index (χ3v) is 3.60. The molecule has 2 rings (SSSR count). The Hall–Kier alpha value is -3.13. The molecule has 142 valence electrons. The number of halogens is 2. The zero-order chi connectivity index (χ0) is 19.8. The number of rotatable bonds is 6. The predicted octanol–water partition coefficient (Wildman–Crippen LogP) is 2.03. The summed E-state index contributed by atoms with van der Waals surface area (Å²) in [7, 11) is 1.33. The van der Waals surface area contributed by atoms with E-state index in [1.807, 2.05) is 0 Å². The van der Waals surface area contributed by atoms with Crippen LogP contribution in [0.2, 0.25) is 5.02 Å². The van der Waals surface area contributed by atoms with Crippen LogP contribution < -0.4 is 15.6 Å². The van der Waals surface area contributed by atoms with Crippen LogP contribution in [0.1, 0.15) is 15.9 Å². The minimum atomic E-state index is -0.730. The lowest BCUT2D eigenvalue weighted by Gasteiger charge is -2.09. The number of benzene rings is 2. The van der Waals surface area contributed by atoms with E-state index in [2.05, 4.69) is 10.9 Å². The molecule has 0 bridgehead atoms. The number of hydrogen-bond acceptors (Lipinski definition) is 5. The number of hydrogen-bond donors (Lipinski definition) is 2. The van der Waals surface area contributed by atoms with Crippen molar-refractivity contribution in [3.05, 3.63) is 64.4 Å². The number of ether oxygens (including phenoxy) is 2. The minimum Gasteiger partial charge on any atom is -0.494 e. The van der Waals surface area contributed by atoms with Crippen LogP contribution in [-0.2, 0) is 20.7 Å². The predicted molar refractivity (Wildman–Crippen MR) is 94.7 cm³/mol. The van der Waals surface area contributed by atoms with E-state index in [-0.39, 0.29) is 12.2 Å². The molecule has 0 atom stereocenters. The van der Waals surface area contributed by atoms with Gasteiger partial charge in [-0.3, -0.25) is 25.2 Å². The van der Waals surface area contributed by atoms with Crippen molar-refractivity contribution in [2.24, 2.45) is 0 Å². The molecule has 0 spiro atoms. The zero-order valence-electron chi connectivity index (χ0n) is 14.3. The molecule has 0 fully saturated rings. The number of carbonyl (C=O) groups excluding carboxylic acids is 3. The van der Waals surface area contributed by atoms with Crippen molar-refractivity contribution in [2.45, 2.75) is 6.42 Å². The molecule has 0 aliphatic heterocycles. The molecule has 2 aromatic carbocycles. The third-order valence-electron chi connectivity index (χ3n) is 3.35. The second-order valence-electron chi connectivity index (χ2n) is 5.32. The van der Waals surface area contributed by atoms with Crippen molar-refractivity contribution in [3.8, 4) is 5.75 Å². The summed E-state index contributed by atoms with van der Waals surface area (Å²) in [5, 5.41) is 0.472. The normalized spacial score (nSPS) is 10.0. The molecular weight excluding hydrogens is 379 g/mol. The molecule has 27 heavy (non-hydrogen) atoms. The monoisotopic (exact) mass is 394 g/mol. The van der Waals surface area contributed by atoms with E-state index in [0.717, 1.165) is 6.07 Å². The first kappa shape index (κ1) is 20.2. The quantitative estimate of drug-likeness (QED) is 0.577. The highest BCUT2D eigenvalue weighted by Crippen LogP contribution is 2.18.